The summed E-state index contributed by atoms with van der Waals surface area (Å²) in [6, 6.07) is 7.10. The van der Waals surface area contributed by atoms with Crippen LogP contribution in [0.1, 0.15) is 41.5 Å². The van der Waals surface area contributed by atoms with E-state index in [1.165, 1.54) is 6.08 Å². The van der Waals surface area contributed by atoms with Crippen LogP contribution in [-0.2, 0) is 24.4 Å². The van der Waals surface area contributed by atoms with Crippen LogP contribution >= 0.6 is 0 Å². The first kappa shape index (κ1) is 18.3. The van der Waals surface area contributed by atoms with Gasteiger partial charge in [0, 0.05) is 18.7 Å². The minimum atomic E-state index is -0.287. The van der Waals surface area contributed by atoms with Gasteiger partial charge in [0.15, 0.2) is 5.82 Å². The lowest BCUT2D eigenvalue weighted by atomic mass is 10.1. The molecule has 0 saturated carbocycles. The Balaban J connectivity index is 2.00. The van der Waals surface area contributed by atoms with E-state index in [-0.39, 0.29) is 24.9 Å². The van der Waals surface area contributed by atoms with Crippen molar-refractivity contribution in [2.75, 3.05) is 0 Å². The average Bonchev–Trinajstić information content (AvgIpc) is 3.09. The van der Waals surface area contributed by atoms with Crippen molar-refractivity contribution in [2.45, 2.75) is 39.4 Å². The topological polar surface area (TPSA) is 102 Å². The number of aryl methyl sites for hydroxylation is 1. The molecule has 1 heterocycles. The summed E-state index contributed by atoms with van der Waals surface area (Å²) in [7, 11) is 0. The minimum absolute atomic E-state index is 0.239. The Bertz CT molecular complexity index is 740. The molecule has 0 aliphatic heterocycles. The van der Waals surface area contributed by atoms with E-state index >= 15 is 0 Å². The number of unbranched alkanes of at least 4 members (excludes halogenated alkanes) is 1. The number of hydrogen-bond donors (Lipinski definition) is 2. The molecule has 0 aliphatic rings. The van der Waals surface area contributed by atoms with Gasteiger partial charge < -0.3 is 10.6 Å². The smallest absolute Gasteiger partial charge is 0.252 e. The predicted molar refractivity (Wildman–Crippen MR) is 92.4 cm³/mol. The highest BCUT2D eigenvalue weighted by Gasteiger charge is 2.13. The molecule has 0 unspecified atom stereocenters. The second kappa shape index (κ2) is 9.31. The van der Waals surface area contributed by atoms with Crippen LogP contribution < -0.4 is 10.6 Å². The van der Waals surface area contributed by atoms with Crippen molar-refractivity contribution in [2.24, 2.45) is 0 Å². The molecule has 0 aliphatic carbocycles. The summed E-state index contributed by atoms with van der Waals surface area (Å²) in [6.45, 7) is 6.71. The normalized spacial score (nSPS) is 10.3. The summed E-state index contributed by atoms with van der Waals surface area (Å²) in [6.07, 6.45) is 3.20. The van der Waals surface area contributed by atoms with Crippen LogP contribution in [0.15, 0.2) is 36.9 Å². The first-order valence-corrected chi connectivity index (χ1v) is 8.17. The Morgan fingerprint density at radius 1 is 1.24 bits per heavy atom. The number of amides is 2. The molecule has 8 nitrogen and oxygen atoms in total. The zero-order valence-corrected chi connectivity index (χ0v) is 14.2. The van der Waals surface area contributed by atoms with Gasteiger partial charge in [-0.1, -0.05) is 38.1 Å². The highest BCUT2D eigenvalue weighted by Crippen LogP contribution is 2.09. The Morgan fingerprint density at radius 3 is 2.80 bits per heavy atom. The number of aromatic nitrogens is 4. The number of carbonyl (C=O) groups is 2. The van der Waals surface area contributed by atoms with E-state index in [2.05, 4.69) is 39.7 Å². The van der Waals surface area contributed by atoms with Gasteiger partial charge in [0.1, 0.15) is 0 Å². The maximum atomic E-state index is 12.5. The summed E-state index contributed by atoms with van der Waals surface area (Å²) < 4.78 is 1.69. The third kappa shape index (κ3) is 5.23. The van der Waals surface area contributed by atoms with Gasteiger partial charge in [-0.3, -0.25) is 9.59 Å². The van der Waals surface area contributed by atoms with E-state index in [0.29, 0.717) is 11.4 Å². The van der Waals surface area contributed by atoms with Crippen LogP contribution in [0.2, 0.25) is 0 Å². The quantitative estimate of drug-likeness (QED) is 0.667. The first-order valence-electron chi connectivity index (χ1n) is 8.17. The fourth-order valence-corrected chi connectivity index (χ4v) is 2.24. The molecule has 0 spiro atoms. The van der Waals surface area contributed by atoms with Crippen LogP contribution in [0.5, 0.6) is 0 Å². The van der Waals surface area contributed by atoms with Crippen molar-refractivity contribution in [1.29, 1.82) is 0 Å². The molecule has 1 aromatic carbocycles. The third-order valence-electron chi connectivity index (χ3n) is 3.64. The van der Waals surface area contributed by atoms with Gasteiger partial charge in [0.2, 0.25) is 5.91 Å². The zero-order chi connectivity index (χ0) is 18.1. The number of rotatable bonds is 9. The molecule has 8 heteroatoms. The lowest BCUT2D eigenvalue weighted by Gasteiger charge is -2.10. The Hall–Kier alpha value is -3.03. The second-order valence-electron chi connectivity index (χ2n) is 5.43. The number of carbonyl (C=O) groups excluding carboxylic acids is 2. The Labute approximate surface area is 146 Å². The van der Waals surface area contributed by atoms with Crippen molar-refractivity contribution in [1.82, 2.24) is 30.8 Å². The van der Waals surface area contributed by atoms with Crippen molar-refractivity contribution in [3.8, 4) is 0 Å². The Kier molecular flexibility index (Phi) is 6.82. The summed E-state index contributed by atoms with van der Waals surface area (Å²) in [5.41, 5.74) is 1.22. The molecule has 2 rings (SSSR count). The monoisotopic (exact) mass is 342 g/mol. The molecule has 2 aromatic rings. The van der Waals surface area contributed by atoms with E-state index in [9.17, 15) is 9.59 Å². The van der Waals surface area contributed by atoms with Crippen LogP contribution in [0, 0.1) is 0 Å². The predicted octanol–water partition coefficient (Wildman–Crippen LogP) is 1.21. The summed E-state index contributed by atoms with van der Waals surface area (Å²) >= 11 is 0. The van der Waals surface area contributed by atoms with E-state index in [1.807, 2.05) is 6.07 Å². The number of nitrogens with zero attached hydrogens (tertiary/aromatic N) is 4. The lowest BCUT2D eigenvalue weighted by Crippen LogP contribution is -2.27. The molecule has 0 fully saturated rings. The van der Waals surface area contributed by atoms with Gasteiger partial charge in [-0.15, -0.1) is 5.10 Å². The maximum absolute atomic E-state index is 12.5. The van der Waals surface area contributed by atoms with E-state index in [1.54, 1.807) is 22.9 Å². The molecule has 0 bridgehead atoms. The zero-order valence-electron chi connectivity index (χ0n) is 14.2. The van der Waals surface area contributed by atoms with Crippen molar-refractivity contribution < 1.29 is 9.59 Å². The number of benzene rings is 1. The lowest BCUT2D eigenvalue weighted by molar-refractivity contribution is -0.116. The minimum Gasteiger partial charge on any atom is -0.348 e. The maximum Gasteiger partial charge on any atom is 0.252 e. The first-order chi connectivity index (χ1) is 12.2. The van der Waals surface area contributed by atoms with Gasteiger partial charge in [-0.25, -0.2) is 4.68 Å². The Morgan fingerprint density at radius 2 is 2.04 bits per heavy atom. The van der Waals surface area contributed by atoms with Crippen LogP contribution in [0.4, 0.5) is 0 Å². The average molecular weight is 342 g/mol. The van der Waals surface area contributed by atoms with Crippen LogP contribution in [-0.4, -0.2) is 32.0 Å². The third-order valence-corrected chi connectivity index (χ3v) is 3.64. The standard InChI is InChI=1S/C17H22N6O2/c1-3-5-10-23-15(20-21-22-23)12-19-17(25)14-9-7-6-8-13(14)11-18-16(24)4-2/h4,6-9H,2-3,5,10-12H2,1H3,(H,18,24)(H,19,25). The van der Waals surface area contributed by atoms with Gasteiger partial charge in [0.05, 0.1) is 6.54 Å². The largest absolute Gasteiger partial charge is 0.348 e. The SMILES string of the molecule is C=CC(=O)NCc1ccccc1C(=O)NCc1nnnn1CCCC. The van der Waals surface area contributed by atoms with Gasteiger partial charge in [-0.05, 0) is 34.6 Å². The molecule has 2 amide bonds. The fourth-order valence-electron chi connectivity index (χ4n) is 2.24. The van der Waals surface area contributed by atoms with Crippen LogP contribution in [0.3, 0.4) is 0 Å². The fraction of sp³-hybridized carbons (Fsp3) is 0.353. The van der Waals surface area contributed by atoms with Gasteiger partial charge in [0.25, 0.3) is 5.91 Å². The molecular formula is C17H22N6O2. The molecule has 0 atom stereocenters. The molecule has 132 valence electrons. The van der Waals surface area contributed by atoms with E-state index in [0.717, 1.165) is 24.9 Å². The number of tetrazole rings is 1. The molecule has 1 aromatic heterocycles. The van der Waals surface area contributed by atoms with Crippen LogP contribution in [0.25, 0.3) is 0 Å². The summed E-state index contributed by atoms with van der Waals surface area (Å²) in [4.78, 5) is 23.8. The number of hydrogen-bond acceptors (Lipinski definition) is 5. The second-order valence-corrected chi connectivity index (χ2v) is 5.43. The van der Waals surface area contributed by atoms with Crippen molar-refractivity contribution in [3.63, 3.8) is 0 Å². The highest BCUT2D eigenvalue weighted by molar-refractivity contribution is 5.95. The number of nitrogens with one attached hydrogen (secondary N) is 2. The van der Waals surface area contributed by atoms with Crippen molar-refractivity contribution in [3.05, 3.63) is 53.9 Å². The van der Waals surface area contributed by atoms with E-state index in [4.69, 9.17) is 0 Å². The highest BCUT2D eigenvalue weighted by atomic mass is 16.2. The molecule has 25 heavy (non-hydrogen) atoms. The van der Waals surface area contributed by atoms with Gasteiger partial charge in [-0.2, -0.15) is 0 Å². The van der Waals surface area contributed by atoms with E-state index < -0.39 is 0 Å². The van der Waals surface area contributed by atoms with Crippen molar-refractivity contribution >= 4 is 11.8 Å². The molecular weight excluding hydrogens is 320 g/mol. The van der Waals surface area contributed by atoms with Gasteiger partial charge >= 0.3 is 0 Å². The molecule has 0 radical (unpaired) electrons. The molecule has 0 saturated heterocycles. The molecule has 2 N–H and O–H groups in total. The summed E-state index contributed by atoms with van der Waals surface area (Å²) in [5.74, 6) is 0.0815. The summed E-state index contributed by atoms with van der Waals surface area (Å²) in [5, 5.41) is 17.0.